The molecule has 0 radical (unpaired) electrons. The van der Waals surface area contributed by atoms with Gasteiger partial charge in [-0.1, -0.05) is 18.2 Å². The summed E-state index contributed by atoms with van der Waals surface area (Å²) in [7, 11) is 1.55. The van der Waals surface area contributed by atoms with E-state index in [9.17, 15) is 5.11 Å². The lowest BCUT2D eigenvalue weighted by Crippen LogP contribution is -1.99. The Labute approximate surface area is 105 Å². The molecule has 18 heavy (non-hydrogen) atoms. The molecule has 1 N–H and O–H groups in total. The summed E-state index contributed by atoms with van der Waals surface area (Å²) in [5, 5.41) is 9.21. The van der Waals surface area contributed by atoms with Crippen LogP contribution in [0.3, 0.4) is 0 Å². The van der Waals surface area contributed by atoms with Gasteiger partial charge in [0.1, 0.15) is 19.1 Å². The number of rotatable bonds is 6. The molecule has 1 aromatic heterocycles. The lowest BCUT2D eigenvalue weighted by atomic mass is 10.2. The number of aliphatic hydroxyl groups excluding tert-OH is 1. The van der Waals surface area contributed by atoms with Crippen LogP contribution in [0.5, 0.6) is 0 Å². The molecular weight excluding hydrogens is 234 g/mol. The van der Waals surface area contributed by atoms with Gasteiger partial charge in [-0.15, -0.1) is 0 Å². The number of methoxy groups -OCH3 is 1. The van der Waals surface area contributed by atoms with Crippen molar-refractivity contribution in [1.82, 2.24) is 4.98 Å². The molecule has 5 nitrogen and oxygen atoms in total. The van der Waals surface area contributed by atoms with E-state index in [2.05, 4.69) is 4.98 Å². The maximum absolute atomic E-state index is 9.21. The molecule has 0 spiro atoms. The van der Waals surface area contributed by atoms with E-state index < -0.39 is 0 Å². The fourth-order valence-corrected chi connectivity index (χ4v) is 1.55. The van der Waals surface area contributed by atoms with Crippen molar-refractivity contribution in [2.75, 3.05) is 13.9 Å². The minimum Gasteiger partial charge on any atom is -0.438 e. The quantitative estimate of drug-likeness (QED) is 0.626. The fourth-order valence-electron chi connectivity index (χ4n) is 1.55. The third kappa shape index (κ3) is 2.95. The standard InChI is InChI=1S/C13H15NO4/c1-16-9-17-8-11-12(7-15)18-13(14-11)10-5-3-2-4-6-10/h2-6,15H,7-9H2,1H3. The zero-order chi connectivity index (χ0) is 12.8. The van der Waals surface area contributed by atoms with Gasteiger partial charge in [0.25, 0.3) is 0 Å². The van der Waals surface area contributed by atoms with Gasteiger partial charge in [0.05, 0.1) is 6.61 Å². The van der Waals surface area contributed by atoms with Crippen LogP contribution in [-0.2, 0) is 22.7 Å². The first-order valence-electron chi connectivity index (χ1n) is 5.56. The van der Waals surface area contributed by atoms with E-state index in [1.807, 2.05) is 30.3 Å². The van der Waals surface area contributed by atoms with Crippen LogP contribution in [-0.4, -0.2) is 24.0 Å². The zero-order valence-electron chi connectivity index (χ0n) is 10.1. The summed E-state index contributed by atoms with van der Waals surface area (Å²) >= 11 is 0. The molecule has 0 fully saturated rings. The van der Waals surface area contributed by atoms with Crippen molar-refractivity contribution in [1.29, 1.82) is 0 Å². The van der Waals surface area contributed by atoms with Crippen LogP contribution in [0, 0.1) is 0 Å². The molecule has 5 heteroatoms. The zero-order valence-corrected chi connectivity index (χ0v) is 10.1. The Bertz CT molecular complexity index is 481. The number of hydrogen-bond acceptors (Lipinski definition) is 5. The van der Waals surface area contributed by atoms with Crippen LogP contribution in [0.25, 0.3) is 11.5 Å². The normalized spacial score (nSPS) is 10.8. The average Bonchev–Trinajstić information content (AvgIpc) is 2.83. The Kier molecular flexibility index (Phi) is 4.46. The van der Waals surface area contributed by atoms with Gasteiger partial charge in [0.15, 0.2) is 5.76 Å². The van der Waals surface area contributed by atoms with Gasteiger partial charge in [-0.25, -0.2) is 4.98 Å². The SMILES string of the molecule is COCOCc1nc(-c2ccccc2)oc1CO. The maximum Gasteiger partial charge on any atom is 0.226 e. The molecule has 0 bridgehead atoms. The monoisotopic (exact) mass is 249 g/mol. The highest BCUT2D eigenvalue weighted by molar-refractivity contribution is 5.53. The molecule has 96 valence electrons. The van der Waals surface area contributed by atoms with Crippen LogP contribution in [0.15, 0.2) is 34.7 Å². The van der Waals surface area contributed by atoms with Crippen LogP contribution in [0.4, 0.5) is 0 Å². The fraction of sp³-hybridized carbons (Fsp3) is 0.308. The molecule has 2 rings (SSSR count). The van der Waals surface area contributed by atoms with Gasteiger partial charge in [-0.3, -0.25) is 0 Å². The van der Waals surface area contributed by atoms with Crippen molar-refractivity contribution in [3.8, 4) is 11.5 Å². The summed E-state index contributed by atoms with van der Waals surface area (Å²) in [5.41, 5.74) is 1.46. The molecule has 0 aliphatic carbocycles. The van der Waals surface area contributed by atoms with Crippen molar-refractivity contribution in [3.05, 3.63) is 41.8 Å². The van der Waals surface area contributed by atoms with Crippen molar-refractivity contribution in [3.63, 3.8) is 0 Å². The molecule has 0 aliphatic rings. The number of aromatic nitrogens is 1. The number of oxazole rings is 1. The van der Waals surface area contributed by atoms with Crippen LogP contribution in [0.1, 0.15) is 11.5 Å². The molecule has 0 atom stereocenters. The maximum atomic E-state index is 9.21. The number of ether oxygens (including phenoxy) is 2. The summed E-state index contributed by atoms with van der Waals surface area (Å²) in [4.78, 5) is 4.32. The van der Waals surface area contributed by atoms with Gasteiger partial charge < -0.3 is 19.0 Å². The number of hydrogen-bond donors (Lipinski definition) is 1. The van der Waals surface area contributed by atoms with Crippen molar-refractivity contribution in [2.24, 2.45) is 0 Å². The van der Waals surface area contributed by atoms with Crippen molar-refractivity contribution in [2.45, 2.75) is 13.2 Å². The van der Waals surface area contributed by atoms with E-state index in [-0.39, 0.29) is 20.0 Å². The number of nitrogens with zero attached hydrogens (tertiary/aromatic N) is 1. The first kappa shape index (κ1) is 12.8. The third-order valence-electron chi connectivity index (χ3n) is 2.38. The van der Waals surface area contributed by atoms with E-state index >= 15 is 0 Å². The highest BCUT2D eigenvalue weighted by Gasteiger charge is 2.13. The second-order valence-corrected chi connectivity index (χ2v) is 3.67. The molecule has 0 aliphatic heterocycles. The predicted molar refractivity (Wildman–Crippen MR) is 64.5 cm³/mol. The highest BCUT2D eigenvalue weighted by Crippen LogP contribution is 2.22. The summed E-state index contributed by atoms with van der Waals surface area (Å²) < 4.78 is 15.5. The first-order chi connectivity index (χ1) is 8.85. The molecular formula is C13H15NO4. The van der Waals surface area contributed by atoms with E-state index in [4.69, 9.17) is 13.9 Å². The van der Waals surface area contributed by atoms with Gasteiger partial charge >= 0.3 is 0 Å². The lowest BCUT2D eigenvalue weighted by molar-refractivity contribution is -0.0406. The van der Waals surface area contributed by atoms with Crippen LogP contribution < -0.4 is 0 Å². The molecule has 0 saturated carbocycles. The highest BCUT2D eigenvalue weighted by atomic mass is 16.7. The molecule has 0 saturated heterocycles. The van der Waals surface area contributed by atoms with E-state index in [1.54, 1.807) is 7.11 Å². The van der Waals surface area contributed by atoms with Crippen LogP contribution >= 0.6 is 0 Å². The lowest BCUT2D eigenvalue weighted by Gasteiger charge is -1.99. The molecule has 1 heterocycles. The topological polar surface area (TPSA) is 64.7 Å². The van der Waals surface area contributed by atoms with E-state index in [1.165, 1.54) is 0 Å². The number of aliphatic hydroxyl groups is 1. The summed E-state index contributed by atoms with van der Waals surface area (Å²) in [6.45, 7) is 0.226. The third-order valence-corrected chi connectivity index (χ3v) is 2.38. The van der Waals surface area contributed by atoms with Gasteiger partial charge in [0.2, 0.25) is 5.89 Å². The molecule has 0 unspecified atom stereocenters. The Hall–Kier alpha value is -1.69. The van der Waals surface area contributed by atoms with Crippen molar-refractivity contribution >= 4 is 0 Å². The van der Waals surface area contributed by atoms with Gasteiger partial charge in [-0.2, -0.15) is 0 Å². The summed E-state index contributed by atoms with van der Waals surface area (Å²) in [6, 6.07) is 9.51. The summed E-state index contributed by atoms with van der Waals surface area (Å²) in [5.74, 6) is 0.903. The van der Waals surface area contributed by atoms with E-state index in [0.717, 1.165) is 5.56 Å². The van der Waals surface area contributed by atoms with Crippen LogP contribution in [0.2, 0.25) is 0 Å². The smallest absolute Gasteiger partial charge is 0.226 e. The minimum absolute atomic E-state index is 0.179. The number of benzene rings is 1. The Balaban J connectivity index is 2.18. The second-order valence-electron chi connectivity index (χ2n) is 3.67. The second kappa shape index (κ2) is 6.30. The molecule has 2 aromatic rings. The predicted octanol–water partition coefficient (Wildman–Crippen LogP) is 1.95. The van der Waals surface area contributed by atoms with Crippen molar-refractivity contribution < 1.29 is 19.0 Å². The first-order valence-corrected chi connectivity index (χ1v) is 5.56. The van der Waals surface area contributed by atoms with E-state index in [0.29, 0.717) is 17.3 Å². The largest absolute Gasteiger partial charge is 0.438 e. The summed E-state index contributed by atoms with van der Waals surface area (Å²) in [6.07, 6.45) is 0. The minimum atomic E-state index is -0.203. The molecule has 1 aromatic carbocycles. The Morgan fingerprint density at radius 3 is 2.72 bits per heavy atom. The van der Waals surface area contributed by atoms with Gasteiger partial charge in [0, 0.05) is 12.7 Å². The average molecular weight is 249 g/mol. The molecule has 0 amide bonds. The Morgan fingerprint density at radius 1 is 1.28 bits per heavy atom. The van der Waals surface area contributed by atoms with Gasteiger partial charge in [-0.05, 0) is 12.1 Å². The Morgan fingerprint density at radius 2 is 2.06 bits per heavy atom.